The average molecular weight is 991 g/mol. The summed E-state index contributed by atoms with van der Waals surface area (Å²) in [4.78, 5) is 122. The number of aromatic hydroxyl groups is 1. The Morgan fingerprint density at radius 1 is 0.667 bits per heavy atom. The number of carbonyl (C=O) groups is 9. The molecule has 0 bridgehead atoms. The van der Waals surface area contributed by atoms with Crippen LogP contribution < -0.4 is 48.7 Å². The molecule has 1 fully saturated rings. The molecule has 10 atom stereocenters. The summed E-state index contributed by atoms with van der Waals surface area (Å²) in [6.45, 7) is 16.7. The molecule has 0 aliphatic carbocycles. The predicted molar refractivity (Wildman–Crippen MR) is 262 cm³/mol. The van der Waals surface area contributed by atoms with Gasteiger partial charge >= 0.3 is 0 Å². The van der Waals surface area contributed by atoms with Gasteiger partial charge in [-0.25, -0.2) is 0 Å². The fraction of sp³-hybridized carbons (Fsp3) is 0.681. The van der Waals surface area contributed by atoms with Crippen molar-refractivity contribution in [3.63, 3.8) is 0 Å². The first-order valence-electron chi connectivity index (χ1n) is 23.6. The second kappa shape index (κ2) is 28.3. The van der Waals surface area contributed by atoms with E-state index in [-0.39, 0.29) is 49.8 Å². The zero-order chi connectivity index (χ0) is 52.4. The normalized spacial score (nSPS) is 17.6. The largest absolute Gasteiger partial charge is 0.508 e. The molecule has 22 heteroatoms. The van der Waals surface area contributed by atoms with E-state index in [0.717, 1.165) is 0 Å². The maximum absolute atomic E-state index is 14.3. The molecule has 21 nitrogen and oxygen atoms in total. The molecule has 1 aliphatic heterocycles. The molecule has 1 aromatic carbocycles. The number of benzene rings is 1. The number of nitrogens with one attached hydrogen (secondary N) is 7. The minimum absolute atomic E-state index is 0.0307. The molecule has 1 heterocycles. The Morgan fingerprint density at radius 3 is 1.71 bits per heavy atom. The summed E-state index contributed by atoms with van der Waals surface area (Å²) >= 11 is 1.42. The average Bonchev–Trinajstić information content (AvgIpc) is 3.76. The number of amides is 9. The highest BCUT2D eigenvalue weighted by Gasteiger charge is 2.41. The van der Waals surface area contributed by atoms with Crippen molar-refractivity contribution in [2.45, 2.75) is 162 Å². The van der Waals surface area contributed by atoms with Crippen molar-refractivity contribution in [1.82, 2.24) is 42.1 Å². The molecular weight excluding hydrogens is 913 g/mol. The van der Waals surface area contributed by atoms with Gasteiger partial charge in [-0.2, -0.15) is 11.8 Å². The van der Waals surface area contributed by atoms with Gasteiger partial charge in [0.15, 0.2) is 0 Å². The van der Waals surface area contributed by atoms with E-state index in [1.54, 1.807) is 53.7 Å². The van der Waals surface area contributed by atoms with Crippen molar-refractivity contribution >= 4 is 64.9 Å². The quantitative estimate of drug-likeness (QED) is 0.0520. The van der Waals surface area contributed by atoms with E-state index in [1.165, 1.54) is 42.6 Å². The number of thioether (sulfide) groups is 1. The third kappa shape index (κ3) is 18.7. The Hall–Kier alpha value is -5.48. The fourth-order valence-electron chi connectivity index (χ4n) is 7.63. The molecule has 388 valence electrons. The molecule has 1 saturated heterocycles. The summed E-state index contributed by atoms with van der Waals surface area (Å²) in [5, 5.41) is 38.3. The van der Waals surface area contributed by atoms with E-state index in [2.05, 4.69) is 37.2 Å². The zero-order valence-electron chi connectivity index (χ0n) is 41.9. The first kappa shape index (κ1) is 59.6. The molecule has 0 saturated carbocycles. The second-order valence-corrected chi connectivity index (χ2v) is 20.2. The van der Waals surface area contributed by atoms with E-state index in [1.807, 2.05) is 20.1 Å². The molecule has 1 aliphatic rings. The summed E-state index contributed by atoms with van der Waals surface area (Å²) in [6, 6.07) is -4.03. The summed E-state index contributed by atoms with van der Waals surface area (Å²) in [5.41, 5.74) is 12.3. The number of hydrogen-bond acceptors (Lipinski definition) is 13. The number of aliphatic hydroxyl groups is 1. The maximum atomic E-state index is 14.3. The zero-order valence-corrected chi connectivity index (χ0v) is 42.7. The lowest BCUT2D eigenvalue weighted by Gasteiger charge is -2.32. The number of nitrogens with zero attached hydrogens (tertiary/aromatic N) is 1. The van der Waals surface area contributed by atoms with Crippen LogP contribution in [0.15, 0.2) is 24.3 Å². The van der Waals surface area contributed by atoms with Gasteiger partial charge in [0.1, 0.15) is 54.1 Å². The Kier molecular flexibility index (Phi) is 24.4. The van der Waals surface area contributed by atoms with Crippen LogP contribution >= 0.6 is 11.8 Å². The lowest BCUT2D eigenvalue weighted by Crippen LogP contribution is -2.62. The van der Waals surface area contributed by atoms with E-state index in [0.29, 0.717) is 17.7 Å². The lowest BCUT2D eigenvalue weighted by atomic mass is 9.98. The molecule has 0 unspecified atom stereocenters. The van der Waals surface area contributed by atoms with Gasteiger partial charge in [0.2, 0.25) is 53.2 Å². The van der Waals surface area contributed by atoms with Crippen LogP contribution in [0.3, 0.4) is 0 Å². The molecule has 2 rings (SSSR count). The Morgan fingerprint density at radius 2 is 1.19 bits per heavy atom. The fourth-order valence-corrected chi connectivity index (χ4v) is 8.10. The Labute approximate surface area is 410 Å². The van der Waals surface area contributed by atoms with Gasteiger partial charge < -0.3 is 63.8 Å². The molecule has 69 heavy (non-hydrogen) atoms. The topological polar surface area (TPSA) is 334 Å². The summed E-state index contributed by atoms with van der Waals surface area (Å²) < 4.78 is 0. The van der Waals surface area contributed by atoms with Crippen molar-refractivity contribution in [2.24, 2.45) is 35.1 Å². The highest BCUT2D eigenvalue weighted by atomic mass is 32.2. The Balaban J connectivity index is 2.20. The van der Waals surface area contributed by atoms with E-state index in [9.17, 15) is 53.4 Å². The standard InChI is InChI=1S/C47H78N10O11S/c1-23(2)21-33(52-41(62)31(48)22-29-14-16-30(59)17-15-29)43(64)55-37(26(7)8)47(68)57-19-12-13-34(57)44(65)51-32(18-20-69-11)42(63)54-36(25(5)6)45(66)50-27(9)40(61)56-38(28(10)58)46(67)53-35(24(3)4)39(49)60/h14-17,23-28,31-38,58-59H,12-13,18-22,48H2,1-11H3,(H2,49,60)(H,50,66)(H,51,65)(H,52,62)(H,53,67)(H,54,63)(H,55,64)(H,56,61)/t27-,28+,31-,32-,33-,34-,35-,36-,37-,38-/m0/s1. The van der Waals surface area contributed by atoms with E-state index >= 15 is 0 Å². The number of carbonyl (C=O) groups excluding carboxylic acids is 9. The minimum atomic E-state index is -1.50. The van der Waals surface area contributed by atoms with Crippen molar-refractivity contribution in [1.29, 1.82) is 0 Å². The number of likely N-dealkylation sites (tertiary alicyclic amines) is 1. The highest BCUT2D eigenvalue weighted by molar-refractivity contribution is 7.98. The molecule has 0 radical (unpaired) electrons. The first-order chi connectivity index (χ1) is 32.2. The van der Waals surface area contributed by atoms with Crippen molar-refractivity contribution < 1.29 is 53.4 Å². The second-order valence-electron chi connectivity index (χ2n) is 19.3. The molecule has 9 amide bonds. The van der Waals surface area contributed by atoms with Crippen LogP contribution in [0.25, 0.3) is 0 Å². The molecule has 13 N–H and O–H groups in total. The lowest BCUT2D eigenvalue weighted by molar-refractivity contribution is -0.143. The minimum Gasteiger partial charge on any atom is -0.508 e. The van der Waals surface area contributed by atoms with E-state index in [4.69, 9.17) is 11.5 Å². The summed E-state index contributed by atoms with van der Waals surface area (Å²) in [6.07, 6.45) is 1.71. The van der Waals surface area contributed by atoms with Crippen LogP contribution in [0.1, 0.15) is 100 Å². The van der Waals surface area contributed by atoms with Crippen LogP contribution in [0.4, 0.5) is 0 Å². The molecule has 0 spiro atoms. The number of hydrogen-bond donors (Lipinski definition) is 11. The van der Waals surface area contributed by atoms with Crippen LogP contribution in [0, 0.1) is 23.7 Å². The third-order valence-electron chi connectivity index (χ3n) is 11.7. The molecule has 0 aromatic heterocycles. The highest BCUT2D eigenvalue weighted by Crippen LogP contribution is 2.22. The first-order valence-corrected chi connectivity index (χ1v) is 25.0. The number of aliphatic hydroxyl groups excluding tert-OH is 1. The number of phenols is 1. The van der Waals surface area contributed by atoms with Gasteiger partial charge in [0.05, 0.1) is 12.1 Å². The predicted octanol–water partition coefficient (Wildman–Crippen LogP) is -0.700. The van der Waals surface area contributed by atoms with Crippen LogP contribution in [-0.2, 0) is 49.6 Å². The molecule has 1 aromatic rings. The van der Waals surface area contributed by atoms with Gasteiger partial charge in [0, 0.05) is 6.54 Å². The third-order valence-corrected chi connectivity index (χ3v) is 12.4. The summed E-state index contributed by atoms with van der Waals surface area (Å²) in [7, 11) is 0. The van der Waals surface area contributed by atoms with Gasteiger partial charge in [-0.05, 0) is 99.3 Å². The smallest absolute Gasteiger partial charge is 0.246 e. The van der Waals surface area contributed by atoms with Crippen LogP contribution in [-0.4, -0.2) is 147 Å². The van der Waals surface area contributed by atoms with Gasteiger partial charge in [-0.15, -0.1) is 0 Å². The number of nitrogens with two attached hydrogens (primary N) is 2. The van der Waals surface area contributed by atoms with Crippen molar-refractivity contribution in [3.8, 4) is 5.75 Å². The maximum Gasteiger partial charge on any atom is 0.246 e. The van der Waals surface area contributed by atoms with Crippen LogP contribution in [0.5, 0.6) is 5.75 Å². The Bertz CT molecular complexity index is 1930. The number of phenolic OH excluding ortho intramolecular Hbond substituents is 1. The number of rotatable bonds is 27. The van der Waals surface area contributed by atoms with Gasteiger partial charge in [-0.1, -0.05) is 67.5 Å². The monoisotopic (exact) mass is 991 g/mol. The summed E-state index contributed by atoms with van der Waals surface area (Å²) in [5.74, 6) is -7.09. The van der Waals surface area contributed by atoms with Gasteiger partial charge in [0.25, 0.3) is 0 Å². The number of primary amides is 1. The SMILES string of the molecule is CSCC[C@H](NC(=O)[C@@H]1CCCN1C(=O)[C@@H](NC(=O)[C@H](CC(C)C)NC(=O)[C@@H](N)Cc1ccc(O)cc1)C(C)C)C(=O)N[C@H](C(=O)N[C@@H](C)C(=O)N[C@H](C(=O)N[C@H](C(N)=O)C(C)C)[C@@H](C)O)C(C)C. The van der Waals surface area contributed by atoms with E-state index < -0.39 is 125 Å². The van der Waals surface area contributed by atoms with Crippen molar-refractivity contribution in [2.75, 3.05) is 18.6 Å². The molecular formula is C47H78N10O11S. The van der Waals surface area contributed by atoms with Crippen LogP contribution in [0.2, 0.25) is 0 Å². The van der Waals surface area contributed by atoms with Crippen molar-refractivity contribution in [3.05, 3.63) is 29.8 Å². The van der Waals surface area contributed by atoms with Gasteiger partial charge in [-0.3, -0.25) is 43.2 Å².